The van der Waals surface area contributed by atoms with Gasteiger partial charge in [-0.2, -0.15) is 0 Å². The van der Waals surface area contributed by atoms with E-state index in [1.807, 2.05) is 0 Å². The number of ether oxygens (including phenoxy) is 1. The average molecular weight is 269 g/mol. The third-order valence-electron chi connectivity index (χ3n) is 3.81. The summed E-state index contributed by atoms with van der Waals surface area (Å²) >= 11 is 0. The van der Waals surface area contributed by atoms with Crippen LogP contribution in [0.1, 0.15) is 52.4 Å². The van der Waals surface area contributed by atoms with Crippen LogP contribution in [-0.2, 0) is 4.74 Å². The van der Waals surface area contributed by atoms with E-state index in [9.17, 15) is 0 Å². The Morgan fingerprint density at radius 2 is 2.05 bits per heavy atom. The van der Waals surface area contributed by atoms with E-state index in [-0.39, 0.29) is 6.61 Å². The summed E-state index contributed by atoms with van der Waals surface area (Å²) in [4.78, 5) is 2.37. The third-order valence-corrected chi connectivity index (χ3v) is 3.81. The summed E-state index contributed by atoms with van der Waals surface area (Å²) in [5.41, 5.74) is 1.62. The summed E-state index contributed by atoms with van der Waals surface area (Å²) in [6, 6.07) is 0.488. The van der Waals surface area contributed by atoms with Crippen molar-refractivity contribution in [3.05, 3.63) is 11.6 Å². The van der Waals surface area contributed by atoms with Crippen LogP contribution in [0, 0.1) is 0 Å². The number of rotatable bonds is 9. The summed E-state index contributed by atoms with van der Waals surface area (Å²) in [6.07, 6.45) is 9.72. The van der Waals surface area contributed by atoms with Crippen molar-refractivity contribution < 1.29 is 9.84 Å². The minimum absolute atomic E-state index is 0.253. The predicted molar refractivity (Wildman–Crippen MR) is 80.4 cm³/mol. The second-order valence-corrected chi connectivity index (χ2v) is 5.43. The van der Waals surface area contributed by atoms with Crippen molar-refractivity contribution in [2.24, 2.45) is 0 Å². The molecule has 1 heterocycles. The number of aliphatic hydroxyl groups is 1. The quantitative estimate of drug-likeness (QED) is 0.653. The highest BCUT2D eigenvalue weighted by Gasteiger charge is 2.21. The number of allylic oxidation sites excluding steroid dienone is 2. The molecule has 1 saturated heterocycles. The molecule has 0 amide bonds. The Bertz CT molecular complexity index is 243. The summed E-state index contributed by atoms with van der Waals surface area (Å²) < 4.78 is 5.57. The number of morpholine rings is 1. The van der Waals surface area contributed by atoms with Gasteiger partial charge in [-0.05, 0) is 25.7 Å². The van der Waals surface area contributed by atoms with Gasteiger partial charge in [-0.1, -0.05) is 38.3 Å². The molecule has 112 valence electrons. The smallest absolute Gasteiger partial charge is 0.0622 e. The molecule has 3 heteroatoms. The van der Waals surface area contributed by atoms with Crippen molar-refractivity contribution in [1.82, 2.24) is 4.90 Å². The molecule has 19 heavy (non-hydrogen) atoms. The van der Waals surface area contributed by atoms with Gasteiger partial charge in [0.15, 0.2) is 0 Å². The molecular formula is C16H31NO2. The molecule has 1 atom stereocenters. The molecule has 3 nitrogen and oxygen atoms in total. The Morgan fingerprint density at radius 3 is 2.68 bits per heavy atom. The summed E-state index contributed by atoms with van der Waals surface area (Å²) in [5.74, 6) is 0. The molecule has 0 aromatic heterocycles. The van der Waals surface area contributed by atoms with Gasteiger partial charge in [0, 0.05) is 19.1 Å². The second kappa shape index (κ2) is 10.4. The highest BCUT2D eigenvalue weighted by Crippen LogP contribution is 2.17. The zero-order chi connectivity index (χ0) is 13.9. The number of aliphatic hydroxyl groups excluding tert-OH is 1. The largest absolute Gasteiger partial charge is 0.395 e. The molecule has 0 radical (unpaired) electrons. The van der Waals surface area contributed by atoms with E-state index < -0.39 is 0 Å². The van der Waals surface area contributed by atoms with E-state index in [1.165, 1.54) is 25.7 Å². The molecule has 1 aliphatic heterocycles. The van der Waals surface area contributed by atoms with Crippen molar-refractivity contribution in [3.63, 3.8) is 0 Å². The lowest BCUT2D eigenvalue weighted by Crippen LogP contribution is -2.46. The standard InChI is InChI=1S/C16H31NO2/c1-3-6-15(7-4-2)8-5-9-16-14-19-13-11-17(16)10-12-18/h8,16,18H,3-7,9-14H2,1-2H3. The fourth-order valence-corrected chi connectivity index (χ4v) is 2.83. The van der Waals surface area contributed by atoms with Gasteiger partial charge in [-0.15, -0.1) is 0 Å². The topological polar surface area (TPSA) is 32.7 Å². The number of hydrogen-bond donors (Lipinski definition) is 1. The molecule has 0 bridgehead atoms. The molecular weight excluding hydrogens is 238 g/mol. The lowest BCUT2D eigenvalue weighted by atomic mass is 10.0. The van der Waals surface area contributed by atoms with Gasteiger partial charge in [0.05, 0.1) is 19.8 Å². The van der Waals surface area contributed by atoms with E-state index in [4.69, 9.17) is 9.84 Å². The Morgan fingerprint density at radius 1 is 1.32 bits per heavy atom. The lowest BCUT2D eigenvalue weighted by Gasteiger charge is -2.35. The van der Waals surface area contributed by atoms with E-state index in [2.05, 4.69) is 24.8 Å². The lowest BCUT2D eigenvalue weighted by molar-refractivity contribution is -0.0159. The summed E-state index contributed by atoms with van der Waals surface area (Å²) in [6.45, 7) is 8.14. The van der Waals surface area contributed by atoms with E-state index >= 15 is 0 Å². The minimum atomic E-state index is 0.253. The monoisotopic (exact) mass is 269 g/mol. The molecule has 0 aliphatic carbocycles. The molecule has 1 N–H and O–H groups in total. The van der Waals surface area contributed by atoms with Crippen LogP contribution in [0.25, 0.3) is 0 Å². The number of hydrogen-bond acceptors (Lipinski definition) is 3. The van der Waals surface area contributed by atoms with Gasteiger partial charge in [0.1, 0.15) is 0 Å². The van der Waals surface area contributed by atoms with Gasteiger partial charge in [-0.25, -0.2) is 0 Å². The Kier molecular flexibility index (Phi) is 9.14. The second-order valence-electron chi connectivity index (χ2n) is 5.43. The van der Waals surface area contributed by atoms with E-state index in [0.29, 0.717) is 6.04 Å². The van der Waals surface area contributed by atoms with Gasteiger partial charge in [0.25, 0.3) is 0 Å². The van der Waals surface area contributed by atoms with Crippen LogP contribution in [0.3, 0.4) is 0 Å². The van der Waals surface area contributed by atoms with Crippen LogP contribution in [0.4, 0.5) is 0 Å². The zero-order valence-corrected chi connectivity index (χ0v) is 12.7. The van der Waals surface area contributed by atoms with Gasteiger partial charge in [0.2, 0.25) is 0 Å². The van der Waals surface area contributed by atoms with Crippen molar-refractivity contribution in [2.45, 2.75) is 58.4 Å². The van der Waals surface area contributed by atoms with Crippen LogP contribution in [-0.4, -0.2) is 49.0 Å². The van der Waals surface area contributed by atoms with Gasteiger partial charge in [-0.3, -0.25) is 4.90 Å². The van der Waals surface area contributed by atoms with Gasteiger partial charge >= 0.3 is 0 Å². The van der Waals surface area contributed by atoms with E-state index in [1.54, 1.807) is 5.57 Å². The fraction of sp³-hybridized carbons (Fsp3) is 0.875. The normalized spacial score (nSPS) is 20.5. The van der Waals surface area contributed by atoms with Crippen LogP contribution in [0.5, 0.6) is 0 Å². The van der Waals surface area contributed by atoms with Crippen LogP contribution in [0.15, 0.2) is 11.6 Å². The zero-order valence-electron chi connectivity index (χ0n) is 12.7. The molecule has 1 rings (SSSR count). The summed E-state index contributed by atoms with van der Waals surface area (Å²) in [7, 11) is 0. The average Bonchev–Trinajstić information content (AvgIpc) is 2.41. The van der Waals surface area contributed by atoms with Crippen LogP contribution < -0.4 is 0 Å². The third kappa shape index (κ3) is 6.55. The molecule has 0 spiro atoms. The van der Waals surface area contributed by atoms with Crippen molar-refractivity contribution >= 4 is 0 Å². The minimum Gasteiger partial charge on any atom is -0.395 e. The number of β-amino-alcohol motifs (C(OH)–C–C–N with tert-alkyl or cyclic N) is 1. The molecule has 0 aromatic carbocycles. The molecule has 0 saturated carbocycles. The fourth-order valence-electron chi connectivity index (χ4n) is 2.83. The first-order valence-electron chi connectivity index (χ1n) is 7.92. The van der Waals surface area contributed by atoms with Crippen molar-refractivity contribution in [2.75, 3.05) is 32.9 Å². The molecule has 1 fully saturated rings. The highest BCUT2D eigenvalue weighted by atomic mass is 16.5. The molecule has 0 aromatic rings. The Hall–Kier alpha value is -0.380. The molecule has 1 unspecified atom stereocenters. The first-order valence-corrected chi connectivity index (χ1v) is 7.92. The first-order chi connectivity index (χ1) is 9.31. The van der Waals surface area contributed by atoms with Crippen LogP contribution >= 0.6 is 0 Å². The SMILES string of the molecule is CCCC(=CCCC1COCCN1CCO)CCC. The highest BCUT2D eigenvalue weighted by molar-refractivity contribution is 5.02. The Balaban J connectivity index is 2.37. The maximum Gasteiger partial charge on any atom is 0.0622 e. The first kappa shape index (κ1) is 16.7. The maximum absolute atomic E-state index is 9.10. The van der Waals surface area contributed by atoms with Gasteiger partial charge < -0.3 is 9.84 Å². The maximum atomic E-state index is 9.10. The van der Waals surface area contributed by atoms with Crippen molar-refractivity contribution in [1.29, 1.82) is 0 Å². The summed E-state index contributed by atoms with van der Waals surface area (Å²) in [5, 5.41) is 9.10. The van der Waals surface area contributed by atoms with E-state index in [0.717, 1.165) is 39.1 Å². The molecule has 1 aliphatic rings. The van der Waals surface area contributed by atoms with Crippen LogP contribution in [0.2, 0.25) is 0 Å². The number of nitrogens with zero attached hydrogens (tertiary/aromatic N) is 1. The van der Waals surface area contributed by atoms with Crippen molar-refractivity contribution in [3.8, 4) is 0 Å². The predicted octanol–water partition coefficient (Wildman–Crippen LogP) is 2.99. The Labute approximate surface area is 118 Å².